The predicted molar refractivity (Wildman–Crippen MR) is 84.4 cm³/mol. The summed E-state index contributed by atoms with van der Waals surface area (Å²) in [5.74, 6) is -4.00. The van der Waals surface area contributed by atoms with Gasteiger partial charge in [0.25, 0.3) is 0 Å². The first-order chi connectivity index (χ1) is 12.2. The van der Waals surface area contributed by atoms with Crippen LogP contribution in [0.1, 0.15) is 18.8 Å². The molecule has 26 heavy (non-hydrogen) atoms. The minimum Gasteiger partial charge on any atom is -0.322 e. The first kappa shape index (κ1) is 17.8. The van der Waals surface area contributed by atoms with Crippen LogP contribution in [0.5, 0.6) is 0 Å². The smallest absolute Gasteiger partial charge is 0.322 e. The monoisotopic (exact) mass is 369 g/mol. The van der Waals surface area contributed by atoms with Crippen LogP contribution in [-0.2, 0) is 11.0 Å². The van der Waals surface area contributed by atoms with Crippen molar-refractivity contribution in [2.45, 2.75) is 19.1 Å². The zero-order chi connectivity index (χ0) is 19.1. The number of carbonyl (C=O) groups is 1. The Hall–Kier alpha value is -2.97. The van der Waals surface area contributed by atoms with Crippen LogP contribution in [0, 0.1) is 11.6 Å². The van der Waals surface area contributed by atoms with Crippen molar-refractivity contribution in [1.82, 2.24) is 9.55 Å². The molecule has 1 atom stereocenters. The zero-order valence-electron chi connectivity index (χ0n) is 13.3. The van der Waals surface area contributed by atoms with Crippen LogP contribution in [0.4, 0.5) is 27.6 Å². The number of fused-ring (bicyclic) bond motifs is 1. The lowest BCUT2D eigenvalue weighted by Crippen LogP contribution is -2.27. The molecule has 0 saturated carbocycles. The fourth-order valence-corrected chi connectivity index (χ4v) is 2.58. The summed E-state index contributed by atoms with van der Waals surface area (Å²) in [7, 11) is 0. The Bertz CT molecular complexity index is 980. The van der Waals surface area contributed by atoms with E-state index in [1.807, 2.05) is 0 Å². The number of carbonyl (C=O) groups excluding carboxylic acids is 1. The number of alkyl halides is 3. The zero-order valence-corrected chi connectivity index (χ0v) is 13.3. The average Bonchev–Trinajstić information content (AvgIpc) is 2.96. The molecule has 3 aromatic rings. The Labute approximate surface area is 144 Å². The number of aromatic nitrogens is 2. The molecule has 9 heteroatoms. The Kier molecular flexibility index (Phi) is 4.39. The number of benzene rings is 2. The van der Waals surface area contributed by atoms with E-state index in [1.165, 1.54) is 31.2 Å². The van der Waals surface area contributed by atoms with Crippen molar-refractivity contribution in [3.05, 3.63) is 59.9 Å². The number of rotatable bonds is 3. The summed E-state index contributed by atoms with van der Waals surface area (Å²) in [5.41, 5.74) is -0.143. The molecular weight excluding hydrogens is 357 g/mol. The number of nitrogens with one attached hydrogen (secondary N) is 1. The van der Waals surface area contributed by atoms with Crippen molar-refractivity contribution in [3.8, 4) is 0 Å². The number of hydrogen-bond donors (Lipinski definition) is 1. The van der Waals surface area contributed by atoms with Crippen LogP contribution in [-0.4, -0.2) is 15.5 Å². The maximum Gasteiger partial charge on any atom is 0.449 e. The number of hydrogen-bond acceptors (Lipinski definition) is 2. The van der Waals surface area contributed by atoms with Crippen LogP contribution in [0.15, 0.2) is 42.5 Å². The molecule has 136 valence electrons. The molecule has 0 saturated heterocycles. The molecule has 1 aromatic heterocycles. The molecule has 4 nitrogen and oxygen atoms in total. The van der Waals surface area contributed by atoms with Gasteiger partial charge in [0.15, 0.2) is 0 Å². The summed E-state index contributed by atoms with van der Waals surface area (Å²) >= 11 is 0. The normalized spacial score (nSPS) is 13.0. The highest BCUT2D eigenvalue weighted by molar-refractivity contribution is 5.94. The van der Waals surface area contributed by atoms with Gasteiger partial charge in [0.1, 0.15) is 17.7 Å². The van der Waals surface area contributed by atoms with E-state index in [0.717, 1.165) is 16.7 Å². The number of amides is 1. The topological polar surface area (TPSA) is 46.9 Å². The maximum absolute atomic E-state index is 13.7. The molecular formula is C17H12F5N3O. The largest absolute Gasteiger partial charge is 0.449 e. The number of imidazole rings is 1. The summed E-state index contributed by atoms with van der Waals surface area (Å²) in [6.07, 6.45) is -4.78. The molecule has 0 aliphatic rings. The van der Waals surface area contributed by atoms with E-state index in [1.54, 1.807) is 0 Å². The number of nitrogens with zero attached hydrogens (tertiary/aromatic N) is 2. The standard InChI is InChI=1S/C17H12F5N3O/c1-9(15(26)23-12-7-6-10(18)8-11(12)19)25-14-5-3-2-4-13(14)24-16(25)17(20,21)22/h2-9H,1H3,(H,23,26). The SMILES string of the molecule is CC(C(=O)Nc1ccc(F)cc1F)n1c(C(F)(F)F)nc2ccccc21. The van der Waals surface area contributed by atoms with Gasteiger partial charge >= 0.3 is 6.18 Å². The summed E-state index contributed by atoms with van der Waals surface area (Å²) in [6.45, 7) is 1.24. The van der Waals surface area contributed by atoms with Gasteiger partial charge in [0, 0.05) is 6.07 Å². The molecule has 0 fully saturated rings. The Morgan fingerprint density at radius 1 is 1.15 bits per heavy atom. The highest BCUT2D eigenvalue weighted by Gasteiger charge is 2.39. The van der Waals surface area contributed by atoms with E-state index in [0.29, 0.717) is 6.07 Å². The van der Waals surface area contributed by atoms with Crippen molar-refractivity contribution < 1.29 is 26.7 Å². The molecule has 2 aromatic carbocycles. The minimum absolute atomic E-state index is 0.0763. The van der Waals surface area contributed by atoms with E-state index >= 15 is 0 Å². The molecule has 0 spiro atoms. The molecule has 0 aliphatic heterocycles. The van der Waals surface area contributed by atoms with Gasteiger partial charge in [-0.25, -0.2) is 13.8 Å². The summed E-state index contributed by atoms with van der Waals surface area (Å²) in [4.78, 5) is 15.9. The fourth-order valence-electron chi connectivity index (χ4n) is 2.58. The van der Waals surface area contributed by atoms with Crippen LogP contribution in [0.25, 0.3) is 11.0 Å². The highest BCUT2D eigenvalue weighted by atomic mass is 19.4. The van der Waals surface area contributed by atoms with Gasteiger partial charge in [-0.15, -0.1) is 0 Å². The summed E-state index contributed by atoms with van der Waals surface area (Å²) < 4.78 is 67.3. The second-order valence-electron chi connectivity index (χ2n) is 5.58. The first-order valence-electron chi connectivity index (χ1n) is 7.48. The van der Waals surface area contributed by atoms with Crippen LogP contribution in [0.2, 0.25) is 0 Å². The van der Waals surface area contributed by atoms with E-state index in [4.69, 9.17) is 0 Å². The summed E-state index contributed by atoms with van der Waals surface area (Å²) in [6, 6.07) is 6.98. The third-order valence-corrected chi connectivity index (χ3v) is 3.81. The lowest BCUT2D eigenvalue weighted by atomic mass is 10.2. The second kappa shape index (κ2) is 6.40. The Balaban J connectivity index is 2.01. The molecule has 0 bridgehead atoms. The van der Waals surface area contributed by atoms with Gasteiger partial charge in [-0.05, 0) is 31.2 Å². The van der Waals surface area contributed by atoms with Crippen molar-refractivity contribution in [1.29, 1.82) is 0 Å². The number of halogens is 5. The molecule has 0 aliphatic carbocycles. The lowest BCUT2D eigenvalue weighted by Gasteiger charge is -2.18. The van der Waals surface area contributed by atoms with Crippen LogP contribution < -0.4 is 5.32 Å². The van der Waals surface area contributed by atoms with Crippen molar-refractivity contribution in [2.24, 2.45) is 0 Å². The van der Waals surface area contributed by atoms with E-state index in [9.17, 15) is 26.7 Å². The number of para-hydroxylation sites is 2. The lowest BCUT2D eigenvalue weighted by molar-refractivity contribution is -0.148. The van der Waals surface area contributed by atoms with Gasteiger partial charge in [0.05, 0.1) is 16.7 Å². The highest BCUT2D eigenvalue weighted by Crippen LogP contribution is 2.34. The Morgan fingerprint density at radius 3 is 2.50 bits per heavy atom. The van der Waals surface area contributed by atoms with E-state index in [-0.39, 0.29) is 16.7 Å². The van der Waals surface area contributed by atoms with Crippen LogP contribution in [0.3, 0.4) is 0 Å². The number of anilines is 1. The van der Waals surface area contributed by atoms with E-state index in [2.05, 4.69) is 10.3 Å². The minimum atomic E-state index is -4.78. The van der Waals surface area contributed by atoms with Gasteiger partial charge in [-0.3, -0.25) is 4.79 Å². The average molecular weight is 369 g/mol. The second-order valence-corrected chi connectivity index (χ2v) is 5.58. The molecule has 0 radical (unpaired) electrons. The van der Waals surface area contributed by atoms with Gasteiger partial charge in [-0.2, -0.15) is 13.2 Å². The molecule has 1 unspecified atom stereocenters. The van der Waals surface area contributed by atoms with Crippen molar-refractivity contribution >= 4 is 22.6 Å². The molecule has 1 heterocycles. The molecule has 3 rings (SSSR count). The first-order valence-corrected chi connectivity index (χ1v) is 7.48. The molecule has 1 amide bonds. The fraction of sp³-hybridized carbons (Fsp3) is 0.176. The van der Waals surface area contributed by atoms with Gasteiger partial charge < -0.3 is 9.88 Å². The molecule has 1 N–H and O–H groups in total. The van der Waals surface area contributed by atoms with Gasteiger partial charge in [0.2, 0.25) is 11.7 Å². The van der Waals surface area contributed by atoms with Gasteiger partial charge in [-0.1, -0.05) is 12.1 Å². The van der Waals surface area contributed by atoms with Crippen LogP contribution >= 0.6 is 0 Å². The van der Waals surface area contributed by atoms with E-state index < -0.39 is 35.6 Å². The van der Waals surface area contributed by atoms with Crippen molar-refractivity contribution in [3.63, 3.8) is 0 Å². The van der Waals surface area contributed by atoms with Crippen molar-refractivity contribution in [2.75, 3.05) is 5.32 Å². The third-order valence-electron chi connectivity index (χ3n) is 3.81. The predicted octanol–water partition coefficient (Wildman–Crippen LogP) is 4.53. The summed E-state index contributed by atoms with van der Waals surface area (Å²) in [5, 5.41) is 2.17. The Morgan fingerprint density at radius 2 is 1.85 bits per heavy atom. The maximum atomic E-state index is 13.7. The third kappa shape index (κ3) is 3.24. The quantitative estimate of drug-likeness (QED) is 0.690.